The van der Waals surface area contributed by atoms with E-state index >= 15 is 0 Å². The summed E-state index contributed by atoms with van der Waals surface area (Å²) in [5.74, 6) is 0.565. The third-order valence-corrected chi connectivity index (χ3v) is 18.6. The van der Waals surface area contributed by atoms with Crippen molar-refractivity contribution < 1.29 is 21.3 Å². The third-order valence-electron chi connectivity index (χ3n) is 10.9. The van der Waals surface area contributed by atoms with Gasteiger partial charge < -0.3 is 0 Å². The molecule has 4 aromatic carbocycles. The summed E-state index contributed by atoms with van der Waals surface area (Å²) in [5.41, 5.74) is 21.7. The molecule has 48 heavy (non-hydrogen) atoms. The van der Waals surface area contributed by atoms with E-state index in [0.29, 0.717) is 5.92 Å². The van der Waals surface area contributed by atoms with Crippen LogP contribution in [0.5, 0.6) is 0 Å². The quantitative estimate of drug-likeness (QED) is 0.158. The van der Waals surface area contributed by atoms with Crippen LogP contribution < -0.4 is 3.27 Å². The molecule has 1 unspecified atom stereocenters. The molecule has 248 valence electrons. The first-order valence-electron chi connectivity index (χ1n) is 18.3. The van der Waals surface area contributed by atoms with Gasteiger partial charge in [-0.15, -0.1) is 0 Å². The molecule has 0 heterocycles. The van der Waals surface area contributed by atoms with Crippen LogP contribution in [-0.4, -0.2) is 3.21 Å². The molecule has 1 heteroatoms. The van der Waals surface area contributed by atoms with Crippen molar-refractivity contribution in [3.63, 3.8) is 0 Å². The fraction of sp³-hybridized carbons (Fsp3) is 0.383. The predicted molar refractivity (Wildman–Crippen MR) is 209 cm³/mol. The predicted octanol–water partition coefficient (Wildman–Crippen LogP) is 12.6. The van der Waals surface area contributed by atoms with Crippen LogP contribution in [0.1, 0.15) is 105 Å². The molecule has 2 aliphatic carbocycles. The van der Waals surface area contributed by atoms with Gasteiger partial charge in [-0.2, -0.15) is 0 Å². The minimum absolute atomic E-state index is 0.159. The summed E-state index contributed by atoms with van der Waals surface area (Å²) in [5, 5.41) is 0. The van der Waals surface area contributed by atoms with Gasteiger partial charge in [0.2, 0.25) is 0 Å². The maximum absolute atomic E-state index is 2.70. The van der Waals surface area contributed by atoms with Crippen LogP contribution in [0, 0.1) is 52.9 Å². The van der Waals surface area contributed by atoms with Crippen LogP contribution in [0.15, 0.2) is 75.6 Å². The van der Waals surface area contributed by atoms with Crippen molar-refractivity contribution >= 4 is 6.48 Å². The zero-order valence-corrected chi connectivity index (χ0v) is 34.2. The fourth-order valence-electron chi connectivity index (χ4n) is 8.87. The molecule has 0 saturated heterocycles. The zero-order chi connectivity index (χ0) is 34.7. The van der Waals surface area contributed by atoms with E-state index < -0.39 is 21.3 Å². The summed E-state index contributed by atoms with van der Waals surface area (Å²) < 4.78 is 5.23. The van der Waals surface area contributed by atoms with Crippen LogP contribution >= 0.6 is 0 Å². The van der Waals surface area contributed by atoms with Crippen molar-refractivity contribution in [3.8, 4) is 33.4 Å². The Balaban J connectivity index is 1.60. The Hall–Kier alpha value is -2.89. The molecule has 0 spiro atoms. The second-order valence-electron chi connectivity index (χ2n) is 16.2. The molecule has 1 atom stereocenters. The zero-order valence-electron chi connectivity index (χ0n) is 31.8. The van der Waals surface area contributed by atoms with E-state index in [1.165, 1.54) is 91.6 Å². The molecule has 2 aliphatic rings. The number of unbranched alkanes of at least 4 members (excludes halogenated alkanes) is 1. The summed E-state index contributed by atoms with van der Waals surface area (Å²) in [6.07, 6.45) is 10.2. The molecule has 0 bridgehead atoms. The molecule has 0 fully saturated rings. The monoisotopic (exact) mass is 710 g/mol. The van der Waals surface area contributed by atoms with E-state index in [-0.39, 0.29) is 5.41 Å². The molecule has 4 aromatic rings. The van der Waals surface area contributed by atoms with Crippen LogP contribution in [0.3, 0.4) is 0 Å². The van der Waals surface area contributed by atoms with E-state index in [1.807, 2.05) is 0 Å². The van der Waals surface area contributed by atoms with Gasteiger partial charge >= 0.3 is 301 Å². The Labute approximate surface area is 299 Å². The molecule has 0 amide bonds. The van der Waals surface area contributed by atoms with Crippen LogP contribution in [0.25, 0.3) is 33.4 Å². The topological polar surface area (TPSA) is 0 Å². The van der Waals surface area contributed by atoms with Gasteiger partial charge in [0.05, 0.1) is 0 Å². The molecule has 0 saturated carbocycles. The Kier molecular flexibility index (Phi) is 9.79. The summed E-state index contributed by atoms with van der Waals surface area (Å²) in [6.45, 7) is 28.2. The average Bonchev–Trinajstić information content (AvgIpc) is 3.57. The number of benzene rings is 4. The van der Waals surface area contributed by atoms with Crippen molar-refractivity contribution in [2.24, 2.45) is 11.3 Å². The fourth-order valence-corrected chi connectivity index (χ4v) is 16.9. The first-order valence-corrected chi connectivity index (χ1v) is 22.0. The van der Waals surface area contributed by atoms with Crippen molar-refractivity contribution in [1.82, 2.24) is 0 Å². The molecule has 0 aromatic heterocycles. The van der Waals surface area contributed by atoms with Gasteiger partial charge in [0.15, 0.2) is 0 Å². The molecular weight excluding hydrogens is 656 g/mol. The first-order chi connectivity index (χ1) is 22.7. The molecular formula is C47H56Zr. The van der Waals surface area contributed by atoms with Crippen LogP contribution in [-0.2, 0) is 27.7 Å². The van der Waals surface area contributed by atoms with Gasteiger partial charge in [0.1, 0.15) is 0 Å². The van der Waals surface area contributed by atoms with Crippen molar-refractivity contribution in [2.75, 3.05) is 0 Å². The second kappa shape index (κ2) is 13.4. The van der Waals surface area contributed by atoms with E-state index in [1.54, 1.807) is 20.9 Å². The maximum atomic E-state index is 2.70. The van der Waals surface area contributed by atoms with Gasteiger partial charge in [0.25, 0.3) is 0 Å². The van der Waals surface area contributed by atoms with Crippen LogP contribution in [0.4, 0.5) is 0 Å². The minimum atomic E-state index is -2.57. The van der Waals surface area contributed by atoms with Gasteiger partial charge in [0, 0.05) is 0 Å². The number of rotatable bonds is 7. The number of allylic oxidation sites excluding steroid dienone is 4. The van der Waals surface area contributed by atoms with E-state index in [4.69, 9.17) is 0 Å². The van der Waals surface area contributed by atoms with Crippen LogP contribution in [0.2, 0.25) is 0 Å². The van der Waals surface area contributed by atoms with Crippen molar-refractivity contribution in [1.29, 1.82) is 0 Å². The van der Waals surface area contributed by atoms with Crippen molar-refractivity contribution in [3.05, 3.63) is 120 Å². The van der Waals surface area contributed by atoms with Crippen molar-refractivity contribution in [2.45, 2.75) is 109 Å². The summed E-state index contributed by atoms with van der Waals surface area (Å²) >= 11 is -2.57. The normalized spacial score (nSPS) is 15.3. The van der Waals surface area contributed by atoms with Gasteiger partial charge in [-0.25, -0.2) is 0 Å². The SMILES string of the molecule is CCCCC1C=C(C(C)(C)C)C=[C]1[Zr](=[C](C)C)[c]1c(-c2c(C)cc(C)cc2C)ccc2c1Cc1cc(-c3c(C)cc(C)cc3C)ccc1-2. The molecule has 0 nitrogen and oxygen atoms in total. The first kappa shape index (κ1) is 35.0. The Morgan fingerprint density at radius 2 is 1.29 bits per heavy atom. The molecule has 6 rings (SSSR count). The standard InChI is InChI=1S/C31H29.C13H21.C3H6.Zr/c1-18-11-20(3)30(21(4)12-18)24-7-9-28-26(15-24)17-27-16-25(8-10-29(27)28)31-22(5)13-19(2)14-23(31)6;1-5-6-7-11-8-9-12(10-11)13(2,3)4;1-3-2;/h7-15H,17H2,1-6H3;9-11H,5-7H2,1-4H3;1-2H3;. The molecule has 0 N–H and O–H groups in total. The summed E-state index contributed by atoms with van der Waals surface area (Å²) in [6, 6.07) is 21.8. The van der Waals surface area contributed by atoms with E-state index in [9.17, 15) is 0 Å². The van der Waals surface area contributed by atoms with Gasteiger partial charge in [-0.3, -0.25) is 0 Å². The summed E-state index contributed by atoms with van der Waals surface area (Å²) in [7, 11) is 0. The number of hydrogen-bond donors (Lipinski definition) is 0. The Morgan fingerprint density at radius 3 is 1.85 bits per heavy atom. The van der Waals surface area contributed by atoms with E-state index in [0.717, 1.165) is 6.42 Å². The number of aryl methyl sites for hydroxylation is 6. The Morgan fingerprint density at radius 1 is 0.729 bits per heavy atom. The Bertz CT molecular complexity index is 1980. The third kappa shape index (κ3) is 6.42. The number of hydrogen-bond acceptors (Lipinski definition) is 0. The molecule has 0 aliphatic heterocycles. The van der Waals surface area contributed by atoms with E-state index in [2.05, 4.69) is 150 Å². The van der Waals surface area contributed by atoms with Gasteiger partial charge in [-0.05, 0) is 0 Å². The number of fused-ring (bicyclic) bond motifs is 3. The van der Waals surface area contributed by atoms with Gasteiger partial charge in [-0.1, -0.05) is 0 Å². The average molecular weight is 712 g/mol. The molecule has 0 radical (unpaired) electrons. The second-order valence-corrected chi connectivity index (χ2v) is 23.2. The summed E-state index contributed by atoms with van der Waals surface area (Å²) in [4.78, 5) is 0.